The molecule has 0 saturated heterocycles. The maximum Gasteiger partial charge on any atom is 0.283 e. The summed E-state index contributed by atoms with van der Waals surface area (Å²) in [5.74, 6) is 0.344. The van der Waals surface area contributed by atoms with Gasteiger partial charge in [0.25, 0.3) is 11.0 Å². The minimum Gasteiger partial charge on any atom is -0.411 e. The summed E-state index contributed by atoms with van der Waals surface area (Å²) in [5, 5.41) is 22.2. The van der Waals surface area contributed by atoms with Crippen LogP contribution in [0.25, 0.3) is 28.5 Å². The lowest BCUT2D eigenvalue weighted by atomic mass is 10.1. The molecule has 0 fully saturated rings. The topological polar surface area (TPSA) is 106 Å². The summed E-state index contributed by atoms with van der Waals surface area (Å²) in [6.07, 6.45) is 1.39. The molecule has 0 saturated carbocycles. The van der Waals surface area contributed by atoms with Crippen molar-refractivity contribution < 1.29 is 8.81 Å². The quantitative estimate of drug-likeness (QED) is 0.406. The third-order valence-corrected chi connectivity index (χ3v) is 5.04. The van der Waals surface area contributed by atoms with Crippen LogP contribution >= 0.6 is 11.8 Å². The molecule has 3 aromatic heterocycles. The first kappa shape index (κ1) is 18.0. The summed E-state index contributed by atoms with van der Waals surface area (Å²) in [7, 11) is 0. The zero-order valence-corrected chi connectivity index (χ0v) is 15.9. The maximum atomic E-state index is 13.6. The van der Waals surface area contributed by atoms with Gasteiger partial charge in [-0.05, 0) is 54.2 Å². The molecule has 2 aromatic carbocycles. The van der Waals surface area contributed by atoms with Crippen LogP contribution in [-0.2, 0) is 0 Å². The zero-order chi connectivity index (χ0) is 20.5. The summed E-state index contributed by atoms with van der Waals surface area (Å²) in [6.45, 7) is 0. The van der Waals surface area contributed by atoms with Crippen LogP contribution in [0.4, 0.5) is 4.39 Å². The normalized spacial score (nSPS) is 10.9. The maximum absolute atomic E-state index is 13.6. The van der Waals surface area contributed by atoms with E-state index in [0.29, 0.717) is 44.3 Å². The average Bonchev–Trinajstić information content (AvgIpc) is 3.43. The molecule has 0 N–H and O–H groups in total. The van der Waals surface area contributed by atoms with Gasteiger partial charge in [0.1, 0.15) is 17.2 Å². The Kier molecular flexibility index (Phi) is 4.42. The number of halogens is 1. The molecule has 8 nitrogen and oxygen atoms in total. The Labute approximate surface area is 173 Å². The molecule has 0 bridgehead atoms. The molecule has 0 aliphatic carbocycles. The minimum absolute atomic E-state index is 0.294. The average molecular weight is 415 g/mol. The second-order valence-corrected chi connectivity index (χ2v) is 7.10. The predicted molar refractivity (Wildman–Crippen MR) is 105 cm³/mol. The Morgan fingerprint density at radius 1 is 1.03 bits per heavy atom. The largest absolute Gasteiger partial charge is 0.411 e. The van der Waals surface area contributed by atoms with Crippen molar-refractivity contribution in [3.8, 4) is 28.8 Å². The molecule has 0 amide bonds. The van der Waals surface area contributed by atoms with Crippen molar-refractivity contribution in [2.45, 2.75) is 10.2 Å². The van der Waals surface area contributed by atoms with Crippen molar-refractivity contribution in [1.29, 1.82) is 5.26 Å². The molecule has 0 radical (unpaired) electrons. The Balaban J connectivity index is 1.50. The van der Waals surface area contributed by atoms with Gasteiger partial charge in [0.2, 0.25) is 5.89 Å². The molecule has 144 valence electrons. The highest BCUT2D eigenvalue weighted by Crippen LogP contribution is 2.31. The molecule has 3 heterocycles. The van der Waals surface area contributed by atoms with Crippen LogP contribution in [0.3, 0.4) is 0 Å². The summed E-state index contributed by atoms with van der Waals surface area (Å²) in [6, 6.07) is 16.8. The first-order valence-corrected chi connectivity index (χ1v) is 9.50. The number of benzene rings is 2. The lowest BCUT2D eigenvalue weighted by Gasteiger charge is -2.05. The first-order chi connectivity index (χ1) is 14.7. The number of hydrogen-bond donors (Lipinski definition) is 0. The minimum atomic E-state index is -0.353. The Hall–Kier alpha value is -4.10. The lowest BCUT2D eigenvalue weighted by Crippen LogP contribution is -1.97. The third kappa shape index (κ3) is 3.38. The van der Waals surface area contributed by atoms with Gasteiger partial charge in [0, 0.05) is 11.1 Å². The van der Waals surface area contributed by atoms with Gasteiger partial charge in [-0.25, -0.2) is 9.37 Å². The molecule has 5 aromatic rings. The number of rotatable bonds is 4. The van der Waals surface area contributed by atoms with E-state index >= 15 is 0 Å². The van der Waals surface area contributed by atoms with E-state index in [1.807, 2.05) is 0 Å². The molecule has 0 spiro atoms. The highest BCUT2D eigenvalue weighted by atomic mass is 32.2. The van der Waals surface area contributed by atoms with Crippen LogP contribution in [0.2, 0.25) is 0 Å². The van der Waals surface area contributed by atoms with Crippen molar-refractivity contribution in [3.05, 3.63) is 72.3 Å². The molecule has 5 rings (SSSR count). The van der Waals surface area contributed by atoms with Crippen molar-refractivity contribution >= 4 is 17.5 Å². The Bertz CT molecular complexity index is 1400. The van der Waals surface area contributed by atoms with E-state index < -0.39 is 0 Å². The smallest absolute Gasteiger partial charge is 0.283 e. The standard InChI is InChI=1S/C20H10FN7OS/c21-15-3-1-2-14(8-15)16-9-17(28-19(25-16)23-11-24-28)30-20-27-26-18(29-20)13-6-4-12(10-22)5-7-13/h1-9,11H. The summed E-state index contributed by atoms with van der Waals surface area (Å²) >= 11 is 1.19. The molecule has 0 unspecified atom stereocenters. The summed E-state index contributed by atoms with van der Waals surface area (Å²) < 4.78 is 20.9. The van der Waals surface area contributed by atoms with Gasteiger partial charge in [-0.1, -0.05) is 12.1 Å². The molecular formula is C20H10FN7OS. The molecular weight excluding hydrogens is 405 g/mol. The summed E-state index contributed by atoms with van der Waals surface area (Å²) in [5.41, 5.74) is 2.41. The number of fused-ring (bicyclic) bond motifs is 1. The first-order valence-electron chi connectivity index (χ1n) is 8.68. The Morgan fingerprint density at radius 2 is 1.90 bits per heavy atom. The fourth-order valence-electron chi connectivity index (χ4n) is 2.80. The third-order valence-electron chi connectivity index (χ3n) is 4.20. The fourth-order valence-corrected chi connectivity index (χ4v) is 3.57. The van der Waals surface area contributed by atoms with Crippen LogP contribution in [0, 0.1) is 17.1 Å². The second kappa shape index (κ2) is 7.38. The summed E-state index contributed by atoms with van der Waals surface area (Å²) in [4.78, 5) is 8.57. The van der Waals surface area contributed by atoms with Crippen LogP contribution in [0.5, 0.6) is 0 Å². The highest BCUT2D eigenvalue weighted by Gasteiger charge is 2.15. The number of hydrogen-bond acceptors (Lipinski definition) is 8. The van der Waals surface area contributed by atoms with Crippen LogP contribution in [-0.4, -0.2) is 29.8 Å². The van der Waals surface area contributed by atoms with Gasteiger partial charge in [-0.15, -0.1) is 10.2 Å². The van der Waals surface area contributed by atoms with E-state index in [0.717, 1.165) is 0 Å². The van der Waals surface area contributed by atoms with Gasteiger partial charge in [-0.2, -0.15) is 19.9 Å². The molecule has 0 atom stereocenters. The van der Waals surface area contributed by atoms with E-state index in [1.165, 1.54) is 30.2 Å². The van der Waals surface area contributed by atoms with E-state index in [4.69, 9.17) is 9.68 Å². The van der Waals surface area contributed by atoms with E-state index in [1.54, 1.807) is 47.0 Å². The molecule has 0 aliphatic rings. The van der Waals surface area contributed by atoms with Gasteiger partial charge < -0.3 is 4.42 Å². The van der Waals surface area contributed by atoms with Gasteiger partial charge in [0.15, 0.2) is 0 Å². The molecule has 10 heteroatoms. The fraction of sp³-hybridized carbons (Fsp3) is 0. The van der Waals surface area contributed by atoms with Gasteiger partial charge >= 0.3 is 0 Å². The monoisotopic (exact) mass is 415 g/mol. The number of aromatic nitrogens is 6. The van der Waals surface area contributed by atoms with Gasteiger partial charge in [-0.3, -0.25) is 0 Å². The van der Waals surface area contributed by atoms with Crippen LogP contribution in [0.15, 0.2) is 75.6 Å². The SMILES string of the molecule is N#Cc1ccc(-c2nnc(Sc3cc(-c4cccc(F)c4)nc4ncnn34)o2)cc1. The van der Waals surface area contributed by atoms with Crippen molar-refractivity contribution in [1.82, 2.24) is 29.8 Å². The van der Waals surface area contributed by atoms with Gasteiger partial charge in [0.05, 0.1) is 17.3 Å². The number of nitrogens with zero attached hydrogens (tertiary/aromatic N) is 7. The second-order valence-electron chi connectivity index (χ2n) is 6.13. The predicted octanol–water partition coefficient (Wildman–Crippen LogP) is 4.00. The highest BCUT2D eigenvalue weighted by molar-refractivity contribution is 7.99. The molecule has 0 aliphatic heterocycles. The van der Waals surface area contributed by atoms with E-state index in [2.05, 4.69) is 31.3 Å². The van der Waals surface area contributed by atoms with Crippen molar-refractivity contribution in [3.63, 3.8) is 0 Å². The van der Waals surface area contributed by atoms with Crippen LogP contribution in [0.1, 0.15) is 5.56 Å². The van der Waals surface area contributed by atoms with Crippen LogP contribution < -0.4 is 0 Å². The van der Waals surface area contributed by atoms with Crippen molar-refractivity contribution in [2.24, 2.45) is 0 Å². The van der Waals surface area contributed by atoms with Crippen molar-refractivity contribution in [2.75, 3.05) is 0 Å². The molecule has 30 heavy (non-hydrogen) atoms. The Morgan fingerprint density at radius 3 is 2.70 bits per heavy atom. The zero-order valence-electron chi connectivity index (χ0n) is 15.1. The number of nitriles is 1. The van der Waals surface area contributed by atoms with E-state index in [9.17, 15) is 4.39 Å². The lowest BCUT2D eigenvalue weighted by molar-refractivity contribution is 0.465. The van der Waals surface area contributed by atoms with E-state index in [-0.39, 0.29) is 5.82 Å².